The molecule has 3 saturated heterocycles. The van der Waals surface area contributed by atoms with Crippen LogP contribution in [-0.2, 0) is 16.1 Å². The first-order valence-electron chi connectivity index (χ1n) is 14.6. The number of piperidine rings is 1. The average molecular weight is 566 g/mol. The number of pyridine rings is 2. The van der Waals surface area contributed by atoms with E-state index in [1.165, 1.54) is 32.1 Å². The predicted octanol–water partition coefficient (Wildman–Crippen LogP) is 5.22. The van der Waals surface area contributed by atoms with E-state index in [9.17, 15) is 4.79 Å². The zero-order valence-electron chi connectivity index (χ0n) is 22.8. The molecule has 10 nitrogen and oxygen atoms in total. The fourth-order valence-electron chi connectivity index (χ4n) is 7.05. The van der Waals surface area contributed by atoms with Gasteiger partial charge in [0.15, 0.2) is 6.17 Å². The number of nitrogens with one attached hydrogen (secondary N) is 2. The van der Waals surface area contributed by atoms with E-state index in [2.05, 4.69) is 32.2 Å². The summed E-state index contributed by atoms with van der Waals surface area (Å²) in [6.45, 7) is 5.85. The summed E-state index contributed by atoms with van der Waals surface area (Å²) in [7, 11) is 0. The Morgan fingerprint density at radius 2 is 1.98 bits per heavy atom. The van der Waals surface area contributed by atoms with Crippen molar-refractivity contribution in [3.63, 3.8) is 0 Å². The van der Waals surface area contributed by atoms with Gasteiger partial charge in [-0.25, -0.2) is 14.8 Å². The molecule has 3 aromatic rings. The van der Waals surface area contributed by atoms with Crippen molar-refractivity contribution in [3.8, 4) is 11.3 Å². The number of amides is 1. The molecule has 1 saturated carbocycles. The van der Waals surface area contributed by atoms with Gasteiger partial charge in [0.25, 0.3) is 0 Å². The summed E-state index contributed by atoms with van der Waals surface area (Å²) < 4.78 is 8.31. The molecular weight excluding hydrogens is 530 g/mol. The summed E-state index contributed by atoms with van der Waals surface area (Å²) in [6, 6.07) is 4.28. The summed E-state index contributed by atoms with van der Waals surface area (Å²) in [5, 5.41) is 3.32. The Labute approximate surface area is 238 Å². The van der Waals surface area contributed by atoms with Crippen LogP contribution < -0.4 is 15.7 Å². The molecule has 4 aliphatic rings. The fraction of sp³-hybridized carbons (Fsp3) is 0.586. The quantitative estimate of drug-likeness (QED) is 0.433. The number of rotatable bonds is 5. The maximum atomic E-state index is 11.8. The van der Waals surface area contributed by atoms with E-state index < -0.39 is 12.3 Å². The van der Waals surface area contributed by atoms with Gasteiger partial charge in [0.05, 0.1) is 34.1 Å². The molecule has 3 unspecified atom stereocenters. The molecule has 2 N–H and O–H groups in total. The summed E-state index contributed by atoms with van der Waals surface area (Å²) in [5.41, 5.74) is 6.77. The van der Waals surface area contributed by atoms with Gasteiger partial charge in [-0.1, -0.05) is 31.4 Å². The lowest BCUT2D eigenvalue weighted by Crippen LogP contribution is -2.50. The standard InChI is InChI=1S/C29H36ClN7O3/c1-17-4-6-18(7-5-17)15-37-26-22(33-28(37)36-9-2-3-19-16-39-10-8-24(19)36)12-23(27-34-29(38)40-35-27)32-25(26)20-11-21(30)14-31-13-20/h11-14,17-19,24,27,35H,2-10,15-16H2,1H3,(H,34,38). The van der Waals surface area contributed by atoms with E-state index in [1.807, 2.05) is 12.1 Å². The third-order valence-electron chi connectivity index (χ3n) is 9.17. The minimum Gasteiger partial charge on any atom is -0.381 e. The summed E-state index contributed by atoms with van der Waals surface area (Å²) >= 11 is 6.42. The van der Waals surface area contributed by atoms with Crippen molar-refractivity contribution in [2.24, 2.45) is 17.8 Å². The van der Waals surface area contributed by atoms with Crippen molar-refractivity contribution in [1.29, 1.82) is 0 Å². The molecule has 1 amide bonds. The van der Waals surface area contributed by atoms with Crippen molar-refractivity contribution in [2.75, 3.05) is 24.7 Å². The molecule has 212 valence electrons. The van der Waals surface area contributed by atoms with Gasteiger partial charge in [-0.2, -0.15) is 0 Å². The van der Waals surface area contributed by atoms with Crippen molar-refractivity contribution in [2.45, 2.75) is 70.6 Å². The van der Waals surface area contributed by atoms with Gasteiger partial charge in [-0.05, 0) is 56.1 Å². The smallest absolute Gasteiger partial charge is 0.381 e. The Kier molecular flexibility index (Phi) is 7.01. The van der Waals surface area contributed by atoms with Crippen LogP contribution >= 0.6 is 11.6 Å². The van der Waals surface area contributed by atoms with Gasteiger partial charge >= 0.3 is 6.09 Å². The first-order chi connectivity index (χ1) is 19.5. The van der Waals surface area contributed by atoms with Gasteiger partial charge in [0.2, 0.25) is 5.95 Å². The number of hydrogen-bond donors (Lipinski definition) is 2. The number of nitrogens with zero attached hydrogens (tertiary/aromatic N) is 5. The maximum absolute atomic E-state index is 11.8. The lowest BCUT2D eigenvalue weighted by molar-refractivity contribution is 0.0278. The monoisotopic (exact) mass is 565 g/mol. The van der Waals surface area contributed by atoms with Crippen LogP contribution in [0.1, 0.15) is 63.7 Å². The highest BCUT2D eigenvalue weighted by Crippen LogP contribution is 2.40. The number of carbonyl (C=O) groups excluding carboxylic acids is 1. The normalized spacial score (nSPS) is 28.8. The number of hydroxylamine groups is 1. The molecule has 1 aliphatic carbocycles. The number of ether oxygens (including phenoxy) is 1. The highest BCUT2D eigenvalue weighted by molar-refractivity contribution is 6.30. The second kappa shape index (κ2) is 10.8. The number of carbonyl (C=O) groups is 1. The molecule has 3 aliphatic heterocycles. The van der Waals surface area contributed by atoms with E-state index in [1.54, 1.807) is 12.4 Å². The Morgan fingerprint density at radius 3 is 2.77 bits per heavy atom. The van der Waals surface area contributed by atoms with Crippen molar-refractivity contribution < 1.29 is 14.4 Å². The van der Waals surface area contributed by atoms with Gasteiger partial charge in [0.1, 0.15) is 0 Å². The third kappa shape index (κ3) is 4.90. The molecule has 0 radical (unpaired) electrons. The molecular formula is C29H36ClN7O3. The van der Waals surface area contributed by atoms with Crippen molar-refractivity contribution >= 4 is 34.7 Å². The summed E-state index contributed by atoms with van der Waals surface area (Å²) in [6.07, 6.45) is 10.6. The largest absolute Gasteiger partial charge is 0.427 e. The van der Waals surface area contributed by atoms with Crippen LogP contribution in [0.15, 0.2) is 24.5 Å². The highest BCUT2D eigenvalue weighted by Gasteiger charge is 2.37. The van der Waals surface area contributed by atoms with E-state index in [0.717, 1.165) is 73.3 Å². The second-order valence-corrected chi connectivity index (χ2v) is 12.4. The topological polar surface area (TPSA) is 106 Å². The second-order valence-electron chi connectivity index (χ2n) is 11.9. The molecule has 4 fully saturated rings. The average Bonchev–Trinajstić information content (AvgIpc) is 3.57. The van der Waals surface area contributed by atoms with E-state index in [0.29, 0.717) is 28.6 Å². The van der Waals surface area contributed by atoms with Gasteiger partial charge in [-0.15, -0.1) is 5.48 Å². The minimum absolute atomic E-state index is 0.414. The molecule has 6 heterocycles. The molecule has 0 bridgehead atoms. The van der Waals surface area contributed by atoms with Crippen LogP contribution in [0.2, 0.25) is 5.02 Å². The van der Waals surface area contributed by atoms with E-state index >= 15 is 0 Å². The molecule has 40 heavy (non-hydrogen) atoms. The first kappa shape index (κ1) is 26.0. The minimum atomic E-state index is -0.578. The lowest BCUT2D eigenvalue weighted by atomic mass is 9.83. The zero-order chi connectivity index (χ0) is 27.2. The molecule has 3 atom stereocenters. The predicted molar refractivity (Wildman–Crippen MR) is 152 cm³/mol. The number of hydrogen-bond acceptors (Lipinski definition) is 8. The van der Waals surface area contributed by atoms with Gasteiger partial charge in [-0.3, -0.25) is 10.3 Å². The number of aromatic nitrogens is 4. The van der Waals surface area contributed by atoms with Crippen LogP contribution in [0.4, 0.5) is 10.7 Å². The Hall–Kier alpha value is -2.95. The molecule has 0 spiro atoms. The first-order valence-corrected chi connectivity index (χ1v) is 15.0. The summed E-state index contributed by atoms with van der Waals surface area (Å²) in [4.78, 5) is 34.2. The van der Waals surface area contributed by atoms with Gasteiger partial charge < -0.3 is 19.0 Å². The number of halogens is 1. The SMILES string of the molecule is CC1CCC(Cn2c(N3CCCC4COCCC43)nc3cc(C4NOC(=O)N4)nc(-c4cncc(Cl)c4)c32)CC1. The number of imidazole rings is 1. The highest BCUT2D eigenvalue weighted by atomic mass is 35.5. The van der Waals surface area contributed by atoms with Crippen LogP contribution in [0.3, 0.4) is 0 Å². The lowest BCUT2D eigenvalue weighted by Gasteiger charge is -2.44. The maximum Gasteiger partial charge on any atom is 0.427 e. The Morgan fingerprint density at radius 1 is 1.10 bits per heavy atom. The van der Waals surface area contributed by atoms with E-state index in [4.69, 9.17) is 31.1 Å². The number of anilines is 1. The van der Waals surface area contributed by atoms with Crippen LogP contribution in [-0.4, -0.2) is 51.4 Å². The molecule has 7 rings (SSSR count). The Balaban J connectivity index is 1.41. The zero-order valence-corrected chi connectivity index (χ0v) is 23.6. The van der Waals surface area contributed by atoms with Crippen molar-refractivity contribution in [3.05, 3.63) is 35.2 Å². The van der Waals surface area contributed by atoms with E-state index in [-0.39, 0.29) is 0 Å². The van der Waals surface area contributed by atoms with Crippen LogP contribution in [0.5, 0.6) is 0 Å². The van der Waals surface area contributed by atoms with Crippen molar-refractivity contribution in [1.82, 2.24) is 30.3 Å². The van der Waals surface area contributed by atoms with Crippen LogP contribution in [0, 0.1) is 17.8 Å². The third-order valence-corrected chi connectivity index (χ3v) is 9.38. The van der Waals surface area contributed by atoms with Gasteiger partial charge in [0, 0.05) is 49.6 Å². The summed E-state index contributed by atoms with van der Waals surface area (Å²) in [5.74, 6) is 2.90. The molecule has 0 aromatic carbocycles. The number of fused-ring (bicyclic) bond motifs is 2. The molecule has 11 heteroatoms. The van der Waals surface area contributed by atoms with Crippen LogP contribution in [0.25, 0.3) is 22.3 Å². The fourth-order valence-corrected chi connectivity index (χ4v) is 7.22. The Bertz CT molecular complexity index is 1400. The molecule has 3 aromatic heterocycles.